The van der Waals surface area contributed by atoms with Crippen LogP contribution in [0.15, 0.2) is 46.6 Å². The van der Waals surface area contributed by atoms with E-state index in [-0.39, 0.29) is 5.70 Å². The van der Waals surface area contributed by atoms with Crippen LogP contribution in [0, 0.1) is 3.57 Å². The fraction of sp³-hybridized carbons (Fsp3) is 0.200. The summed E-state index contributed by atoms with van der Waals surface area (Å²) in [4.78, 5) is 22.6. The van der Waals surface area contributed by atoms with Gasteiger partial charge in [0.2, 0.25) is 5.91 Å². The zero-order valence-corrected chi connectivity index (χ0v) is 19.0. The van der Waals surface area contributed by atoms with Crippen LogP contribution in [-0.2, 0) is 16.2 Å². The number of nitrogens with one attached hydrogen (secondary N) is 1. The largest absolute Gasteiger partial charge is 0.490 e. The number of carbonyl (C=O) groups is 2. The number of carbonyl (C=O) groups excluding carboxylic acids is 1. The molecule has 2 rings (SSSR count). The Morgan fingerprint density at radius 3 is 2.46 bits per heavy atom. The molecule has 0 aromatic heterocycles. The molecule has 0 bridgehead atoms. The number of ether oxygens (including phenoxy) is 2. The second-order valence-corrected chi connectivity index (χ2v) is 7.80. The van der Waals surface area contributed by atoms with E-state index in [1.54, 1.807) is 12.1 Å². The van der Waals surface area contributed by atoms with Gasteiger partial charge in [-0.1, -0.05) is 28.1 Å². The van der Waals surface area contributed by atoms with Gasteiger partial charge in [0.25, 0.3) is 0 Å². The van der Waals surface area contributed by atoms with E-state index in [9.17, 15) is 14.7 Å². The van der Waals surface area contributed by atoms with Crippen molar-refractivity contribution in [2.24, 2.45) is 0 Å². The average molecular weight is 560 g/mol. The molecule has 0 heterocycles. The summed E-state index contributed by atoms with van der Waals surface area (Å²) in [5.74, 6) is -0.592. The van der Waals surface area contributed by atoms with E-state index >= 15 is 0 Å². The Morgan fingerprint density at radius 2 is 1.89 bits per heavy atom. The minimum absolute atomic E-state index is 0.214. The van der Waals surface area contributed by atoms with Gasteiger partial charge in [-0.25, -0.2) is 4.79 Å². The lowest BCUT2D eigenvalue weighted by atomic mass is 10.1. The molecule has 2 N–H and O–H groups in total. The normalized spacial score (nSPS) is 11.1. The number of benzene rings is 2. The van der Waals surface area contributed by atoms with E-state index in [1.807, 2.05) is 31.2 Å². The van der Waals surface area contributed by atoms with Gasteiger partial charge in [-0.2, -0.15) is 0 Å². The highest BCUT2D eigenvalue weighted by Crippen LogP contribution is 2.35. The molecule has 0 spiro atoms. The molecule has 28 heavy (non-hydrogen) atoms. The lowest BCUT2D eigenvalue weighted by molar-refractivity contribution is -0.134. The predicted molar refractivity (Wildman–Crippen MR) is 118 cm³/mol. The van der Waals surface area contributed by atoms with Crippen LogP contribution in [0.4, 0.5) is 0 Å². The maximum Gasteiger partial charge on any atom is 0.352 e. The highest BCUT2D eigenvalue weighted by Gasteiger charge is 2.14. The summed E-state index contributed by atoms with van der Waals surface area (Å²) >= 11 is 5.51. The molecule has 0 aliphatic carbocycles. The Morgan fingerprint density at radius 1 is 1.21 bits per heavy atom. The minimum Gasteiger partial charge on any atom is -0.490 e. The van der Waals surface area contributed by atoms with Crippen molar-refractivity contribution in [3.05, 3.63) is 61.3 Å². The van der Waals surface area contributed by atoms with Gasteiger partial charge >= 0.3 is 5.97 Å². The van der Waals surface area contributed by atoms with Gasteiger partial charge in [0.15, 0.2) is 11.5 Å². The summed E-state index contributed by atoms with van der Waals surface area (Å²) in [5, 5.41) is 11.6. The van der Waals surface area contributed by atoms with Crippen LogP contribution in [0.3, 0.4) is 0 Å². The number of hydrogen-bond acceptors (Lipinski definition) is 4. The maximum absolute atomic E-state index is 11.3. The molecule has 148 valence electrons. The van der Waals surface area contributed by atoms with Gasteiger partial charge in [-0.05, 0) is 71.0 Å². The van der Waals surface area contributed by atoms with Crippen LogP contribution in [0.2, 0.25) is 0 Å². The lowest BCUT2D eigenvalue weighted by Gasteiger charge is -2.15. The summed E-state index contributed by atoms with van der Waals surface area (Å²) in [6.45, 7) is 3.90. The third-order valence-electron chi connectivity index (χ3n) is 3.48. The SMILES string of the molecule is CCOc1cc(/C=C(/NC(C)=O)C(=O)O)cc(I)c1OCc1ccc(Br)cc1. The van der Waals surface area contributed by atoms with Crippen LogP contribution in [-0.4, -0.2) is 23.6 Å². The maximum atomic E-state index is 11.3. The second kappa shape index (κ2) is 10.5. The Kier molecular flexibility index (Phi) is 8.31. The lowest BCUT2D eigenvalue weighted by Crippen LogP contribution is -2.24. The van der Waals surface area contributed by atoms with Crippen molar-refractivity contribution in [1.82, 2.24) is 5.32 Å². The van der Waals surface area contributed by atoms with Crippen LogP contribution >= 0.6 is 38.5 Å². The number of rotatable bonds is 8. The first-order valence-corrected chi connectivity index (χ1v) is 10.2. The van der Waals surface area contributed by atoms with Crippen molar-refractivity contribution in [2.45, 2.75) is 20.5 Å². The highest BCUT2D eigenvalue weighted by molar-refractivity contribution is 14.1. The van der Waals surface area contributed by atoms with Crippen LogP contribution in [0.25, 0.3) is 6.08 Å². The number of amides is 1. The molecular formula is C20H19BrINO5. The fourth-order valence-corrected chi connectivity index (χ4v) is 3.36. The Bertz CT molecular complexity index is 896. The van der Waals surface area contributed by atoms with Crippen molar-refractivity contribution in [3.8, 4) is 11.5 Å². The van der Waals surface area contributed by atoms with E-state index in [0.717, 1.165) is 13.6 Å². The van der Waals surface area contributed by atoms with E-state index < -0.39 is 11.9 Å². The third-order valence-corrected chi connectivity index (χ3v) is 4.81. The highest BCUT2D eigenvalue weighted by atomic mass is 127. The van der Waals surface area contributed by atoms with E-state index in [1.165, 1.54) is 13.0 Å². The molecule has 0 aliphatic heterocycles. The smallest absolute Gasteiger partial charge is 0.352 e. The van der Waals surface area contributed by atoms with Gasteiger partial charge in [-0.3, -0.25) is 4.79 Å². The predicted octanol–water partition coefficient (Wildman–Crippen LogP) is 4.59. The van der Waals surface area contributed by atoms with Crippen molar-refractivity contribution < 1.29 is 24.2 Å². The van der Waals surface area contributed by atoms with Gasteiger partial charge in [-0.15, -0.1) is 0 Å². The molecular weight excluding hydrogens is 541 g/mol. The molecule has 0 saturated heterocycles. The quantitative estimate of drug-likeness (QED) is 0.365. The van der Waals surface area contributed by atoms with E-state index in [4.69, 9.17) is 9.47 Å². The number of carboxylic acid groups (broad SMARTS) is 1. The van der Waals surface area contributed by atoms with Gasteiger partial charge < -0.3 is 19.9 Å². The molecule has 0 radical (unpaired) electrons. The Labute approximate surface area is 185 Å². The summed E-state index contributed by atoms with van der Waals surface area (Å²) in [6, 6.07) is 11.3. The van der Waals surface area contributed by atoms with Crippen LogP contribution in [0.1, 0.15) is 25.0 Å². The molecule has 0 unspecified atom stereocenters. The van der Waals surface area contributed by atoms with Crippen molar-refractivity contribution >= 4 is 56.5 Å². The molecule has 6 nitrogen and oxygen atoms in total. The Hall–Kier alpha value is -2.07. The zero-order chi connectivity index (χ0) is 20.7. The second-order valence-electron chi connectivity index (χ2n) is 5.72. The van der Waals surface area contributed by atoms with Crippen LogP contribution < -0.4 is 14.8 Å². The molecule has 0 atom stereocenters. The molecule has 1 amide bonds. The monoisotopic (exact) mass is 559 g/mol. The topological polar surface area (TPSA) is 84.9 Å². The molecule has 0 saturated carbocycles. The van der Waals surface area contributed by atoms with E-state index in [2.05, 4.69) is 43.8 Å². The Balaban J connectivity index is 2.33. The summed E-state index contributed by atoms with van der Waals surface area (Å²) in [5.41, 5.74) is 1.37. The number of carboxylic acids is 1. The van der Waals surface area contributed by atoms with Crippen molar-refractivity contribution in [3.63, 3.8) is 0 Å². The molecule has 2 aromatic rings. The molecule has 2 aromatic carbocycles. The first-order valence-electron chi connectivity index (χ1n) is 8.36. The number of halogens is 2. The fourth-order valence-electron chi connectivity index (χ4n) is 2.32. The average Bonchev–Trinajstić information content (AvgIpc) is 2.62. The third kappa shape index (κ3) is 6.52. The summed E-state index contributed by atoms with van der Waals surface area (Å²) < 4.78 is 13.4. The first-order chi connectivity index (χ1) is 13.3. The number of hydrogen-bond donors (Lipinski definition) is 2. The van der Waals surface area contributed by atoms with Gasteiger partial charge in [0.1, 0.15) is 12.3 Å². The molecule has 0 aliphatic rings. The molecule has 0 fully saturated rings. The van der Waals surface area contributed by atoms with Crippen molar-refractivity contribution in [2.75, 3.05) is 6.61 Å². The van der Waals surface area contributed by atoms with Gasteiger partial charge in [0, 0.05) is 11.4 Å². The van der Waals surface area contributed by atoms with Crippen LogP contribution in [0.5, 0.6) is 11.5 Å². The van der Waals surface area contributed by atoms with E-state index in [0.29, 0.717) is 30.3 Å². The number of aliphatic carboxylic acids is 1. The summed E-state index contributed by atoms with van der Waals surface area (Å²) in [6.07, 6.45) is 1.38. The minimum atomic E-state index is -1.22. The first kappa shape index (κ1) is 22.2. The van der Waals surface area contributed by atoms with Crippen molar-refractivity contribution in [1.29, 1.82) is 0 Å². The zero-order valence-electron chi connectivity index (χ0n) is 15.3. The van der Waals surface area contributed by atoms with Gasteiger partial charge in [0.05, 0.1) is 10.2 Å². The standard InChI is InChI=1S/C20H19BrINO5/c1-3-27-18-10-14(9-17(20(25)26)23-12(2)24)8-16(22)19(18)28-11-13-4-6-15(21)7-5-13/h4-10H,3,11H2,1-2H3,(H,23,24)(H,25,26)/b17-9+. The molecule has 8 heteroatoms. The summed E-state index contributed by atoms with van der Waals surface area (Å²) in [7, 11) is 0.